The van der Waals surface area contributed by atoms with Crippen LogP contribution >= 0.6 is 0 Å². The van der Waals surface area contributed by atoms with Crippen molar-refractivity contribution in [3.63, 3.8) is 0 Å². The number of ether oxygens (including phenoxy) is 1. The number of rotatable bonds is 3. The van der Waals surface area contributed by atoms with E-state index >= 15 is 0 Å². The van der Waals surface area contributed by atoms with Crippen molar-refractivity contribution in [1.82, 2.24) is 19.8 Å². The van der Waals surface area contributed by atoms with Crippen LogP contribution in [-0.2, 0) is 14.3 Å². The Morgan fingerprint density at radius 3 is 2.50 bits per heavy atom. The van der Waals surface area contributed by atoms with Crippen molar-refractivity contribution in [3.05, 3.63) is 36.2 Å². The Bertz CT molecular complexity index is 983. The lowest BCUT2D eigenvalue weighted by molar-refractivity contribution is -0.151. The first-order chi connectivity index (χ1) is 15.5. The Kier molecular flexibility index (Phi) is 6.64. The normalized spacial score (nSPS) is 22.4. The molecule has 3 fully saturated rings. The molecule has 32 heavy (non-hydrogen) atoms. The number of carboxylic acid groups (broad SMARTS) is 1. The first-order valence-electron chi connectivity index (χ1n) is 11.1. The van der Waals surface area contributed by atoms with Gasteiger partial charge in [-0.1, -0.05) is 12.1 Å². The van der Waals surface area contributed by atoms with Crippen LogP contribution in [0.15, 0.2) is 30.5 Å². The fraction of sp³-hybridized carbons (Fsp3) is 0.522. The van der Waals surface area contributed by atoms with Gasteiger partial charge in [0.2, 0.25) is 0 Å². The summed E-state index contributed by atoms with van der Waals surface area (Å²) in [6.07, 6.45) is 6.12. The van der Waals surface area contributed by atoms with Crippen molar-refractivity contribution in [2.45, 2.75) is 38.2 Å². The van der Waals surface area contributed by atoms with Crippen molar-refractivity contribution < 1.29 is 24.2 Å². The van der Waals surface area contributed by atoms with E-state index in [2.05, 4.69) is 14.9 Å². The summed E-state index contributed by atoms with van der Waals surface area (Å²) in [5.41, 5.74) is 1.44. The van der Waals surface area contributed by atoms with Crippen molar-refractivity contribution in [2.24, 2.45) is 5.41 Å². The predicted molar refractivity (Wildman–Crippen MR) is 116 cm³/mol. The average molecular weight is 441 g/mol. The highest BCUT2D eigenvalue weighted by Gasteiger charge is 2.51. The van der Waals surface area contributed by atoms with Crippen molar-refractivity contribution in [3.8, 4) is 0 Å². The van der Waals surface area contributed by atoms with E-state index in [4.69, 9.17) is 14.6 Å². The molecule has 1 N–H and O–H groups in total. The van der Waals surface area contributed by atoms with Crippen LogP contribution < -0.4 is 0 Å². The molecule has 0 aliphatic carbocycles. The fourth-order valence-corrected chi connectivity index (χ4v) is 4.96. The molecule has 2 aromatic rings. The van der Waals surface area contributed by atoms with Crippen LogP contribution in [0.4, 0.5) is 0 Å². The lowest BCUT2D eigenvalue weighted by Crippen LogP contribution is -2.45. The number of aromatic nitrogens is 2. The molecule has 1 atom stereocenters. The molecule has 1 unspecified atom stereocenters. The molecule has 170 valence electrons. The Morgan fingerprint density at radius 2 is 1.81 bits per heavy atom. The van der Waals surface area contributed by atoms with Gasteiger partial charge in [0.05, 0.1) is 22.6 Å². The third kappa shape index (κ3) is 4.57. The number of para-hydroxylation sites is 2. The van der Waals surface area contributed by atoms with Gasteiger partial charge in [-0.05, 0) is 50.9 Å². The van der Waals surface area contributed by atoms with Gasteiger partial charge in [0, 0.05) is 26.1 Å². The number of carbonyl (C=O) groups excluding carboxylic acids is 2. The number of esters is 1. The second-order valence-corrected chi connectivity index (χ2v) is 8.66. The summed E-state index contributed by atoms with van der Waals surface area (Å²) in [5, 5.41) is 6.89. The van der Waals surface area contributed by atoms with Gasteiger partial charge in [-0.2, -0.15) is 0 Å². The van der Waals surface area contributed by atoms with E-state index in [9.17, 15) is 9.59 Å². The van der Waals surface area contributed by atoms with Gasteiger partial charge in [-0.3, -0.25) is 24.3 Å². The molecule has 9 nitrogen and oxygen atoms in total. The number of hydrogen-bond donors (Lipinski definition) is 1. The standard InChI is InChI=1S/C22H26N4O3.CH2O2/c27-20(19-14-23-17-5-1-2-6-18(17)24-19)26-11-7-22(8-12-26)13-16(29-21(22)28)15-25-9-3-4-10-25;2-1-3/h1-2,5-6,14,16H,3-4,7-13,15H2;1H,(H,2,3). The zero-order valence-corrected chi connectivity index (χ0v) is 18.0. The number of piperidine rings is 1. The third-order valence-electron chi connectivity index (χ3n) is 6.66. The van der Waals surface area contributed by atoms with E-state index in [1.54, 1.807) is 11.1 Å². The highest BCUT2D eigenvalue weighted by molar-refractivity contribution is 5.94. The summed E-state index contributed by atoms with van der Waals surface area (Å²) in [6.45, 7) is 3.92. The van der Waals surface area contributed by atoms with Crippen molar-refractivity contribution >= 4 is 29.4 Å². The SMILES string of the molecule is O=C(c1cnc2ccccc2n1)N1CCC2(CC1)CC(CN1CCCC1)OC2=O.O=CO. The number of cyclic esters (lactones) is 1. The maximum absolute atomic E-state index is 12.9. The van der Waals surface area contributed by atoms with E-state index < -0.39 is 5.41 Å². The molecule has 0 saturated carbocycles. The maximum Gasteiger partial charge on any atom is 0.312 e. The van der Waals surface area contributed by atoms with E-state index in [1.807, 2.05) is 24.3 Å². The molecule has 1 aromatic carbocycles. The molecule has 4 heterocycles. The fourth-order valence-electron chi connectivity index (χ4n) is 4.96. The van der Waals surface area contributed by atoms with Crippen LogP contribution in [0.2, 0.25) is 0 Å². The number of benzene rings is 1. The molecule has 0 bridgehead atoms. The highest BCUT2D eigenvalue weighted by atomic mass is 16.6. The van der Waals surface area contributed by atoms with Gasteiger partial charge in [-0.25, -0.2) is 4.98 Å². The number of amides is 1. The Hall–Kier alpha value is -3.07. The van der Waals surface area contributed by atoms with Gasteiger partial charge < -0.3 is 14.7 Å². The summed E-state index contributed by atoms with van der Waals surface area (Å²) in [4.78, 5) is 47.0. The summed E-state index contributed by atoms with van der Waals surface area (Å²) < 4.78 is 5.74. The van der Waals surface area contributed by atoms with Crippen LogP contribution in [0, 0.1) is 5.41 Å². The Morgan fingerprint density at radius 1 is 1.16 bits per heavy atom. The van der Waals surface area contributed by atoms with Crippen LogP contribution in [0.1, 0.15) is 42.6 Å². The summed E-state index contributed by atoms with van der Waals surface area (Å²) >= 11 is 0. The molecule has 1 aromatic heterocycles. The number of fused-ring (bicyclic) bond motifs is 1. The number of hydrogen-bond acceptors (Lipinski definition) is 7. The summed E-state index contributed by atoms with van der Waals surface area (Å²) in [6, 6.07) is 7.53. The molecular formula is C23H28N4O5. The first-order valence-corrected chi connectivity index (χ1v) is 11.1. The molecule has 3 aliphatic rings. The maximum atomic E-state index is 12.9. The van der Waals surface area contributed by atoms with Crippen molar-refractivity contribution in [2.75, 3.05) is 32.7 Å². The molecule has 3 saturated heterocycles. The van der Waals surface area contributed by atoms with Gasteiger partial charge in [0.15, 0.2) is 0 Å². The monoisotopic (exact) mass is 440 g/mol. The third-order valence-corrected chi connectivity index (χ3v) is 6.66. The second kappa shape index (κ2) is 9.60. The Balaban J connectivity index is 0.000000775. The van der Waals surface area contributed by atoms with Crippen LogP contribution in [0.25, 0.3) is 11.0 Å². The van der Waals surface area contributed by atoms with Gasteiger partial charge in [0.25, 0.3) is 12.4 Å². The number of nitrogens with zero attached hydrogens (tertiary/aromatic N) is 4. The van der Waals surface area contributed by atoms with Gasteiger partial charge in [0.1, 0.15) is 11.8 Å². The van der Waals surface area contributed by atoms with E-state index in [1.165, 1.54) is 12.8 Å². The zero-order chi connectivity index (χ0) is 22.6. The van der Waals surface area contributed by atoms with E-state index in [0.717, 1.165) is 37.1 Å². The van der Waals surface area contributed by atoms with Gasteiger partial charge >= 0.3 is 5.97 Å². The predicted octanol–water partition coefficient (Wildman–Crippen LogP) is 1.96. The zero-order valence-electron chi connectivity index (χ0n) is 18.0. The minimum Gasteiger partial charge on any atom is -0.483 e. The lowest BCUT2D eigenvalue weighted by atomic mass is 9.76. The quantitative estimate of drug-likeness (QED) is 0.569. The smallest absolute Gasteiger partial charge is 0.312 e. The lowest BCUT2D eigenvalue weighted by Gasteiger charge is -2.36. The number of carbonyl (C=O) groups is 3. The largest absolute Gasteiger partial charge is 0.483 e. The van der Waals surface area contributed by atoms with Gasteiger partial charge in [-0.15, -0.1) is 0 Å². The highest BCUT2D eigenvalue weighted by Crippen LogP contribution is 2.43. The summed E-state index contributed by atoms with van der Waals surface area (Å²) in [5.74, 6) is -0.183. The topological polar surface area (TPSA) is 113 Å². The minimum atomic E-state index is -0.420. The number of likely N-dealkylation sites (tertiary alicyclic amines) is 2. The molecule has 0 radical (unpaired) electrons. The average Bonchev–Trinajstić information content (AvgIpc) is 3.42. The minimum absolute atomic E-state index is 0.00536. The molecule has 1 amide bonds. The first kappa shape index (κ1) is 22.1. The van der Waals surface area contributed by atoms with Crippen LogP contribution in [-0.4, -0.2) is 82.1 Å². The molecule has 9 heteroatoms. The van der Waals surface area contributed by atoms with Crippen LogP contribution in [0.5, 0.6) is 0 Å². The molecular weight excluding hydrogens is 412 g/mol. The summed E-state index contributed by atoms with van der Waals surface area (Å²) in [7, 11) is 0. The van der Waals surface area contributed by atoms with E-state index in [-0.39, 0.29) is 24.5 Å². The molecule has 3 aliphatic heterocycles. The Labute approximate surface area is 186 Å². The van der Waals surface area contributed by atoms with E-state index in [0.29, 0.717) is 31.6 Å². The van der Waals surface area contributed by atoms with Crippen LogP contribution in [0.3, 0.4) is 0 Å². The van der Waals surface area contributed by atoms with Crippen molar-refractivity contribution in [1.29, 1.82) is 0 Å². The second-order valence-electron chi connectivity index (χ2n) is 8.66. The molecule has 5 rings (SSSR count). The molecule has 1 spiro atoms.